The van der Waals surface area contributed by atoms with Gasteiger partial charge < -0.3 is 19.2 Å². The second kappa shape index (κ2) is 10.7. The molecule has 1 aromatic rings. The Bertz CT molecular complexity index is 751. The van der Waals surface area contributed by atoms with Gasteiger partial charge in [-0.05, 0) is 62.7 Å². The van der Waals surface area contributed by atoms with E-state index in [-0.39, 0.29) is 5.92 Å². The van der Waals surface area contributed by atoms with Crippen molar-refractivity contribution in [1.82, 2.24) is 9.80 Å². The molecular formula is C22H31F3N2O5. The zero-order chi connectivity index (χ0) is 23.3. The molecule has 0 unspecified atom stereocenters. The minimum absolute atomic E-state index is 0.162. The van der Waals surface area contributed by atoms with Gasteiger partial charge in [-0.1, -0.05) is 0 Å². The third-order valence-corrected chi connectivity index (χ3v) is 6.44. The molecule has 1 aromatic heterocycles. The number of aliphatic carboxylic acids is 1. The molecule has 0 spiro atoms. The first-order chi connectivity index (χ1) is 15.1. The van der Waals surface area contributed by atoms with Crippen molar-refractivity contribution in [3.63, 3.8) is 0 Å². The van der Waals surface area contributed by atoms with Crippen LogP contribution in [0.15, 0.2) is 22.8 Å². The summed E-state index contributed by atoms with van der Waals surface area (Å²) < 4.78 is 43.3. The van der Waals surface area contributed by atoms with Crippen LogP contribution in [0.2, 0.25) is 0 Å². The topological polar surface area (TPSA) is 83.2 Å². The summed E-state index contributed by atoms with van der Waals surface area (Å²) in [4.78, 5) is 26.0. The van der Waals surface area contributed by atoms with Gasteiger partial charge in [0.05, 0.1) is 19.4 Å². The molecule has 0 aromatic carbocycles. The normalized spacial score (nSPS) is 26.7. The second-order valence-electron chi connectivity index (χ2n) is 8.97. The number of fused-ring (bicyclic) bond motifs is 1. The van der Waals surface area contributed by atoms with E-state index in [0.29, 0.717) is 17.7 Å². The minimum Gasteiger partial charge on any atom is -0.475 e. The molecule has 1 saturated carbocycles. The number of carboxylic acid groups (broad SMARTS) is 1. The predicted octanol–water partition coefficient (Wildman–Crippen LogP) is 3.26. The smallest absolute Gasteiger partial charge is 0.475 e. The molecule has 10 heteroatoms. The zero-order valence-electron chi connectivity index (χ0n) is 18.2. The Morgan fingerprint density at radius 3 is 2.50 bits per heavy atom. The number of piperidine rings is 1. The molecule has 3 atom stereocenters. The van der Waals surface area contributed by atoms with Gasteiger partial charge in [0.25, 0.3) is 0 Å². The molecule has 1 aliphatic carbocycles. The Hall–Kier alpha value is -2.07. The van der Waals surface area contributed by atoms with Crippen LogP contribution < -0.4 is 0 Å². The van der Waals surface area contributed by atoms with Gasteiger partial charge in [-0.15, -0.1) is 0 Å². The van der Waals surface area contributed by atoms with Crippen LogP contribution in [0.1, 0.15) is 31.4 Å². The molecule has 7 nitrogen and oxygen atoms in total. The van der Waals surface area contributed by atoms with E-state index in [1.54, 1.807) is 6.26 Å². The Morgan fingerprint density at radius 2 is 1.91 bits per heavy atom. The number of nitrogens with zero attached hydrogens (tertiary/aromatic N) is 2. The number of amides is 1. The van der Waals surface area contributed by atoms with Crippen molar-refractivity contribution in [3.05, 3.63) is 24.2 Å². The lowest BCUT2D eigenvalue weighted by Crippen LogP contribution is -2.50. The van der Waals surface area contributed by atoms with Crippen LogP contribution in [0.5, 0.6) is 0 Å². The molecule has 2 saturated heterocycles. The van der Waals surface area contributed by atoms with Crippen molar-refractivity contribution in [2.45, 2.75) is 38.4 Å². The summed E-state index contributed by atoms with van der Waals surface area (Å²) in [5.41, 5.74) is 0. The summed E-state index contributed by atoms with van der Waals surface area (Å²) in [7, 11) is 1.96. The van der Waals surface area contributed by atoms with E-state index in [0.717, 1.165) is 63.9 Å². The first-order valence-electron chi connectivity index (χ1n) is 11.0. The molecule has 180 valence electrons. The number of hydrogen-bond acceptors (Lipinski definition) is 5. The van der Waals surface area contributed by atoms with Crippen LogP contribution in [0, 0.1) is 23.7 Å². The molecule has 4 rings (SSSR count). The molecule has 0 bridgehead atoms. The lowest BCUT2D eigenvalue weighted by molar-refractivity contribution is -0.192. The Balaban J connectivity index is 0.000000360. The summed E-state index contributed by atoms with van der Waals surface area (Å²) in [6, 6.07) is 3.98. The maximum Gasteiger partial charge on any atom is 0.490 e. The number of alkyl halides is 3. The van der Waals surface area contributed by atoms with Gasteiger partial charge >= 0.3 is 12.1 Å². The van der Waals surface area contributed by atoms with Gasteiger partial charge in [0.1, 0.15) is 5.76 Å². The van der Waals surface area contributed by atoms with Crippen LogP contribution in [-0.2, 0) is 20.9 Å². The quantitative estimate of drug-likeness (QED) is 0.702. The third-order valence-electron chi connectivity index (χ3n) is 6.44. The standard InChI is InChI=1S/C20H30N2O3.C2HF3O2/c1-21-11-16(14-24-13-15-4-5-15)18-6-8-22(9-7-19(18)20(21)23)12-17-3-2-10-25-17;3-2(4,5)1(6)7/h2-3,10,15-16,18-19H,4-9,11-14H2,1H3;(H,6,7)/t16-,18+,19+;/m0./s1. The summed E-state index contributed by atoms with van der Waals surface area (Å²) in [6.45, 7) is 5.43. The van der Waals surface area contributed by atoms with Crippen LogP contribution in [-0.4, -0.2) is 72.9 Å². The maximum atomic E-state index is 12.7. The molecule has 2 aliphatic heterocycles. The highest BCUT2D eigenvalue weighted by Crippen LogP contribution is 2.37. The number of likely N-dealkylation sites (tertiary alicyclic amines) is 2. The van der Waals surface area contributed by atoms with Crippen molar-refractivity contribution < 1.29 is 37.0 Å². The van der Waals surface area contributed by atoms with Crippen molar-refractivity contribution in [1.29, 1.82) is 0 Å². The van der Waals surface area contributed by atoms with E-state index in [1.165, 1.54) is 12.8 Å². The number of carboxylic acids is 1. The number of hydrogen-bond donors (Lipinski definition) is 1. The van der Waals surface area contributed by atoms with Gasteiger partial charge in [-0.3, -0.25) is 9.69 Å². The highest BCUT2D eigenvalue weighted by Gasteiger charge is 2.42. The van der Waals surface area contributed by atoms with Crippen molar-refractivity contribution in [2.75, 3.05) is 39.9 Å². The van der Waals surface area contributed by atoms with E-state index in [9.17, 15) is 18.0 Å². The summed E-state index contributed by atoms with van der Waals surface area (Å²) in [6.07, 6.45) is 1.35. The van der Waals surface area contributed by atoms with Crippen molar-refractivity contribution >= 4 is 11.9 Å². The van der Waals surface area contributed by atoms with E-state index < -0.39 is 12.1 Å². The zero-order valence-corrected chi connectivity index (χ0v) is 18.2. The average molecular weight is 460 g/mol. The number of halogens is 3. The van der Waals surface area contributed by atoms with Crippen molar-refractivity contribution in [2.24, 2.45) is 23.7 Å². The number of ether oxygens (including phenoxy) is 1. The van der Waals surface area contributed by atoms with Crippen LogP contribution in [0.25, 0.3) is 0 Å². The largest absolute Gasteiger partial charge is 0.490 e. The van der Waals surface area contributed by atoms with Crippen LogP contribution in [0.3, 0.4) is 0 Å². The van der Waals surface area contributed by atoms with E-state index in [4.69, 9.17) is 19.1 Å². The summed E-state index contributed by atoms with van der Waals surface area (Å²) in [5, 5.41) is 7.12. The monoisotopic (exact) mass is 460 g/mol. The molecule has 32 heavy (non-hydrogen) atoms. The Morgan fingerprint density at radius 1 is 1.22 bits per heavy atom. The SMILES string of the molecule is CN1C[C@@H](COCC2CC2)[C@H]2CCN(Cc3ccco3)CC[C@H]2C1=O.O=C(O)C(F)(F)F. The van der Waals surface area contributed by atoms with E-state index in [2.05, 4.69) is 4.90 Å². The van der Waals surface area contributed by atoms with Crippen LogP contribution in [0.4, 0.5) is 13.2 Å². The number of rotatable bonds is 6. The summed E-state index contributed by atoms with van der Waals surface area (Å²) in [5.74, 6) is 0.500. The van der Waals surface area contributed by atoms with Gasteiger partial charge in [0, 0.05) is 32.0 Å². The second-order valence-corrected chi connectivity index (χ2v) is 8.97. The lowest BCUT2D eigenvalue weighted by atomic mass is 9.75. The van der Waals surface area contributed by atoms with Gasteiger partial charge in [0.2, 0.25) is 5.91 Å². The first kappa shape index (κ1) is 24.6. The lowest BCUT2D eigenvalue weighted by Gasteiger charge is -2.41. The predicted molar refractivity (Wildman–Crippen MR) is 109 cm³/mol. The molecule has 1 amide bonds. The van der Waals surface area contributed by atoms with Crippen LogP contribution >= 0.6 is 0 Å². The van der Waals surface area contributed by atoms with Gasteiger partial charge in [-0.2, -0.15) is 13.2 Å². The van der Waals surface area contributed by atoms with E-state index >= 15 is 0 Å². The average Bonchev–Trinajstić information content (AvgIpc) is 3.45. The fourth-order valence-electron chi connectivity index (χ4n) is 4.54. The molecule has 3 heterocycles. The fraction of sp³-hybridized carbons (Fsp3) is 0.727. The van der Waals surface area contributed by atoms with Gasteiger partial charge in [-0.25, -0.2) is 4.79 Å². The summed E-state index contributed by atoms with van der Waals surface area (Å²) >= 11 is 0. The highest BCUT2D eigenvalue weighted by atomic mass is 19.4. The molecule has 1 N–H and O–H groups in total. The highest BCUT2D eigenvalue weighted by molar-refractivity contribution is 5.79. The fourth-order valence-corrected chi connectivity index (χ4v) is 4.54. The number of furan rings is 1. The third kappa shape index (κ3) is 6.96. The molecule has 3 fully saturated rings. The number of carbonyl (C=O) groups excluding carboxylic acids is 1. The molecule has 3 aliphatic rings. The molecule has 0 radical (unpaired) electrons. The Kier molecular flexibility index (Phi) is 8.21. The maximum absolute atomic E-state index is 12.7. The Labute approximate surface area is 185 Å². The molecular weight excluding hydrogens is 429 g/mol. The van der Waals surface area contributed by atoms with Crippen molar-refractivity contribution in [3.8, 4) is 0 Å². The minimum atomic E-state index is -5.08. The van der Waals surface area contributed by atoms with Gasteiger partial charge in [0.15, 0.2) is 0 Å². The first-order valence-corrected chi connectivity index (χ1v) is 11.0. The van der Waals surface area contributed by atoms with E-state index in [1.807, 2.05) is 24.1 Å². The number of carbonyl (C=O) groups is 2.